The van der Waals surface area contributed by atoms with Crippen LogP contribution in [-0.4, -0.2) is 10.8 Å². The number of aromatic nitrogens is 1. The Hall–Kier alpha value is -2.61. The molecule has 0 fully saturated rings. The van der Waals surface area contributed by atoms with E-state index in [9.17, 15) is 4.79 Å². The fraction of sp³-hybridized carbons (Fsp3) is 0.190. The van der Waals surface area contributed by atoms with Gasteiger partial charge in [-0.25, -0.2) is 0 Å². The van der Waals surface area contributed by atoms with Crippen LogP contribution in [0.4, 0.5) is 0 Å². The number of allylic oxidation sites excluding steroid dienone is 2. The average Bonchev–Trinajstić information content (AvgIpc) is 3.08. The van der Waals surface area contributed by atoms with Gasteiger partial charge in [-0.05, 0) is 67.7 Å². The van der Waals surface area contributed by atoms with Gasteiger partial charge in [0, 0.05) is 16.5 Å². The number of carbonyl (C=O) groups is 1. The number of hydrogen-bond donors (Lipinski definition) is 1. The predicted molar refractivity (Wildman–Crippen MR) is 95.0 cm³/mol. The minimum absolute atomic E-state index is 0.0684. The SMILES string of the molecule is CC1=CCc2ccc(C(=O)c3[nH]c4ccc(C)cc4c3C)cc21. The minimum Gasteiger partial charge on any atom is -0.352 e. The first-order valence-electron chi connectivity index (χ1n) is 7.98. The van der Waals surface area contributed by atoms with E-state index in [2.05, 4.69) is 43.1 Å². The van der Waals surface area contributed by atoms with Crippen LogP contribution >= 0.6 is 0 Å². The molecule has 0 saturated heterocycles. The fourth-order valence-corrected chi connectivity index (χ4v) is 3.45. The lowest BCUT2D eigenvalue weighted by Crippen LogP contribution is -2.04. The van der Waals surface area contributed by atoms with Crippen LogP contribution in [0.1, 0.15) is 45.2 Å². The normalized spacial score (nSPS) is 13.3. The van der Waals surface area contributed by atoms with Crippen molar-refractivity contribution >= 4 is 22.3 Å². The maximum atomic E-state index is 13.0. The third-order valence-electron chi connectivity index (χ3n) is 4.87. The maximum absolute atomic E-state index is 13.0. The third-order valence-corrected chi connectivity index (χ3v) is 4.87. The van der Waals surface area contributed by atoms with E-state index < -0.39 is 0 Å². The molecule has 2 heteroatoms. The summed E-state index contributed by atoms with van der Waals surface area (Å²) in [5.74, 6) is 0.0684. The zero-order valence-electron chi connectivity index (χ0n) is 13.7. The van der Waals surface area contributed by atoms with Gasteiger partial charge in [-0.15, -0.1) is 0 Å². The molecule has 0 atom stereocenters. The topological polar surface area (TPSA) is 32.9 Å². The number of benzene rings is 2. The summed E-state index contributed by atoms with van der Waals surface area (Å²) in [7, 11) is 0. The average molecular weight is 301 g/mol. The van der Waals surface area contributed by atoms with Crippen LogP contribution in [0.3, 0.4) is 0 Å². The van der Waals surface area contributed by atoms with Crippen molar-refractivity contribution in [2.75, 3.05) is 0 Å². The van der Waals surface area contributed by atoms with Gasteiger partial charge in [0.05, 0.1) is 5.69 Å². The fourth-order valence-electron chi connectivity index (χ4n) is 3.45. The molecule has 0 bridgehead atoms. The molecule has 114 valence electrons. The highest BCUT2D eigenvalue weighted by Crippen LogP contribution is 2.30. The van der Waals surface area contributed by atoms with Crippen LogP contribution in [0.25, 0.3) is 16.5 Å². The number of aromatic amines is 1. The summed E-state index contributed by atoms with van der Waals surface area (Å²) < 4.78 is 0. The largest absolute Gasteiger partial charge is 0.352 e. The van der Waals surface area contributed by atoms with Crippen LogP contribution in [0.2, 0.25) is 0 Å². The molecule has 23 heavy (non-hydrogen) atoms. The Morgan fingerprint density at radius 1 is 1.04 bits per heavy atom. The molecule has 3 aromatic rings. The highest BCUT2D eigenvalue weighted by Gasteiger charge is 2.19. The van der Waals surface area contributed by atoms with E-state index in [1.54, 1.807) is 0 Å². The van der Waals surface area contributed by atoms with Gasteiger partial charge >= 0.3 is 0 Å². The van der Waals surface area contributed by atoms with Gasteiger partial charge in [0.15, 0.2) is 0 Å². The second-order valence-electron chi connectivity index (χ2n) is 6.47. The molecule has 1 heterocycles. The molecule has 0 saturated carbocycles. The van der Waals surface area contributed by atoms with Crippen molar-refractivity contribution < 1.29 is 4.79 Å². The number of carbonyl (C=O) groups excluding carboxylic acids is 1. The lowest BCUT2D eigenvalue weighted by Gasteiger charge is -2.06. The number of nitrogens with one attached hydrogen (secondary N) is 1. The standard InChI is InChI=1S/C21H19NO/c1-12-4-9-19-18(10-12)14(3)20(22-19)21(23)16-8-7-15-6-5-13(2)17(15)11-16/h4-5,7-11,22H,6H2,1-3H3. The summed E-state index contributed by atoms with van der Waals surface area (Å²) in [5.41, 5.74) is 8.49. The van der Waals surface area contributed by atoms with E-state index in [-0.39, 0.29) is 5.78 Å². The Balaban J connectivity index is 1.82. The molecular weight excluding hydrogens is 282 g/mol. The number of fused-ring (bicyclic) bond motifs is 2. The summed E-state index contributed by atoms with van der Waals surface area (Å²) in [6, 6.07) is 12.3. The van der Waals surface area contributed by atoms with E-state index in [4.69, 9.17) is 0 Å². The van der Waals surface area contributed by atoms with Gasteiger partial charge in [-0.2, -0.15) is 0 Å². The van der Waals surface area contributed by atoms with Gasteiger partial charge in [-0.1, -0.05) is 29.8 Å². The lowest BCUT2D eigenvalue weighted by atomic mass is 9.98. The molecule has 0 unspecified atom stereocenters. The molecule has 2 aromatic carbocycles. The highest BCUT2D eigenvalue weighted by atomic mass is 16.1. The number of aryl methyl sites for hydroxylation is 2. The summed E-state index contributed by atoms with van der Waals surface area (Å²) >= 11 is 0. The lowest BCUT2D eigenvalue weighted by molar-refractivity contribution is 0.103. The Bertz CT molecular complexity index is 988. The molecule has 1 N–H and O–H groups in total. The zero-order valence-corrected chi connectivity index (χ0v) is 13.7. The van der Waals surface area contributed by atoms with Gasteiger partial charge < -0.3 is 4.98 Å². The van der Waals surface area contributed by atoms with Crippen molar-refractivity contribution in [2.24, 2.45) is 0 Å². The molecule has 4 rings (SSSR count). The molecule has 1 aromatic heterocycles. The van der Waals surface area contributed by atoms with Crippen molar-refractivity contribution in [3.05, 3.63) is 76.0 Å². The zero-order chi connectivity index (χ0) is 16.1. The Morgan fingerprint density at radius 3 is 2.70 bits per heavy atom. The van der Waals surface area contributed by atoms with Crippen LogP contribution < -0.4 is 0 Å². The van der Waals surface area contributed by atoms with Crippen molar-refractivity contribution in [3.63, 3.8) is 0 Å². The first-order chi connectivity index (χ1) is 11.0. The Morgan fingerprint density at radius 2 is 1.87 bits per heavy atom. The Kier molecular flexibility index (Phi) is 3.02. The van der Waals surface area contributed by atoms with Crippen LogP contribution in [0.5, 0.6) is 0 Å². The molecule has 0 radical (unpaired) electrons. The van der Waals surface area contributed by atoms with E-state index in [0.29, 0.717) is 5.69 Å². The molecule has 2 nitrogen and oxygen atoms in total. The third kappa shape index (κ3) is 2.14. The predicted octanol–water partition coefficient (Wildman–Crippen LogP) is 4.98. The summed E-state index contributed by atoms with van der Waals surface area (Å²) in [6.07, 6.45) is 3.19. The van der Waals surface area contributed by atoms with Crippen molar-refractivity contribution in [2.45, 2.75) is 27.2 Å². The van der Waals surface area contributed by atoms with Gasteiger partial charge in [0.1, 0.15) is 0 Å². The second kappa shape index (κ2) is 4.95. The summed E-state index contributed by atoms with van der Waals surface area (Å²) in [6.45, 7) is 6.20. The van der Waals surface area contributed by atoms with E-state index in [1.807, 2.05) is 25.1 Å². The highest BCUT2D eigenvalue weighted by molar-refractivity contribution is 6.12. The van der Waals surface area contributed by atoms with Crippen LogP contribution in [0, 0.1) is 13.8 Å². The minimum atomic E-state index is 0.0684. The molecule has 0 spiro atoms. The van der Waals surface area contributed by atoms with Crippen molar-refractivity contribution in [3.8, 4) is 0 Å². The van der Waals surface area contributed by atoms with Gasteiger partial charge in [0.25, 0.3) is 0 Å². The van der Waals surface area contributed by atoms with E-state index in [0.717, 1.165) is 28.5 Å². The number of rotatable bonds is 2. The van der Waals surface area contributed by atoms with E-state index >= 15 is 0 Å². The quantitative estimate of drug-likeness (QED) is 0.666. The first-order valence-corrected chi connectivity index (χ1v) is 7.98. The summed E-state index contributed by atoms with van der Waals surface area (Å²) in [4.78, 5) is 16.3. The smallest absolute Gasteiger partial charge is 0.209 e. The number of ketones is 1. The molecular formula is C21H19NO. The van der Waals surface area contributed by atoms with Crippen molar-refractivity contribution in [1.82, 2.24) is 4.98 Å². The van der Waals surface area contributed by atoms with Crippen molar-refractivity contribution in [1.29, 1.82) is 0 Å². The monoisotopic (exact) mass is 301 g/mol. The number of hydrogen-bond acceptors (Lipinski definition) is 1. The molecule has 0 aliphatic heterocycles. The van der Waals surface area contributed by atoms with Crippen LogP contribution in [0.15, 0.2) is 42.5 Å². The molecule has 0 amide bonds. The number of H-pyrrole nitrogens is 1. The molecule has 1 aliphatic rings. The van der Waals surface area contributed by atoms with Gasteiger partial charge in [0.2, 0.25) is 5.78 Å². The Labute approximate surface area is 135 Å². The van der Waals surface area contributed by atoms with Crippen LogP contribution in [-0.2, 0) is 6.42 Å². The maximum Gasteiger partial charge on any atom is 0.209 e. The van der Waals surface area contributed by atoms with Gasteiger partial charge in [-0.3, -0.25) is 4.79 Å². The molecule has 1 aliphatic carbocycles. The second-order valence-corrected chi connectivity index (χ2v) is 6.47. The van der Waals surface area contributed by atoms with E-state index in [1.165, 1.54) is 22.3 Å². The summed E-state index contributed by atoms with van der Waals surface area (Å²) in [5, 5.41) is 1.13. The first kappa shape index (κ1) is 14.0.